The van der Waals surface area contributed by atoms with Gasteiger partial charge in [-0.15, -0.1) is 0 Å². The monoisotopic (exact) mass is 359 g/mol. The number of hydrogen-bond acceptors (Lipinski definition) is 4. The van der Waals surface area contributed by atoms with Crippen molar-refractivity contribution in [2.75, 3.05) is 0 Å². The van der Waals surface area contributed by atoms with Gasteiger partial charge in [-0.2, -0.15) is 0 Å². The maximum absolute atomic E-state index is 12.9. The van der Waals surface area contributed by atoms with Crippen LogP contribution < -0.4 is 11.2 Å². The Morgan fingerprint density at radius 2 is 1.81 bits per heavy atom. The molecule has 0 radical (unpaired) electrons. The first-order valence-electron chi connectivity index (χ1n) is 8.88. The van der Waals surface area contributed by atoms with Crippen LogP contribution in [-0.4, -0.2) is 20.9 Å². The maximum Gasteiger partial charge on any atom is 0.331 e. The molecule has 1 aromatic heterocycles. The first-order valence-corrected chi connectivity index (χ1v) is 8.88. The largest absolute Gasteiger partial charge is 0.494 e. The zero-order chi connectivity index (χ0) is 18.5. The summed E-state index contributed by atoms with van der Waals surface area (Å²) in [5.41, 5.74) is -0.512. The molecule has 1 aromatic carbocycles. The molecule has 2 N–H and O–H groups in total. The molecule has 6 nitrogen and oxygen atoms in total. The fraction of sp³-hybridized carbons (Fsp3) is 0.421. The van der Waals surface area contributed by atoms with Crippen LogP contribution >= 0.6 is 0 Å². The molecule has 1 aliphatic carbocycles. The predicted octanol–water partition coefficient (Wildman–Crippen LogP) is 2.90. The fourth-order valence-corrected chi connectivity index (χ4v) is 3.36. The molecule has 1 aliphatic rings. The molecular weight excluding hydrogens is 337 g/mol. The summed E-state index contributed by atoms with van der Waals surface area (Å²) >= 11 is 0. The number of nitrogens with one attached hydrogen (secondary N) is 1. The van der Waals surface area contributed by atoms with E-state index in [2.05, 4.69) is 9.98 Å². The first-order chi connectivity index (χ1) is 12.6. The van der Waals surface area contributed by atoms with E-state index in [0.717, 1.165) is 44.1 Å². The van der Waals surface area contributed by atoms with Crippen molar-refractivity contribution in [3.8, 4) is 5.88 Å². The first kappa shape index (κ1) is 18.1. The number of hydrogen-bond donors (Lipinski definition) is 2. The Morgan fingerprint density at radius 3 is 2.46 bits per heavy atom. The minimum absolute atomic E-state index is 0.0315. The van der Waals surface area contributed by atoms with E-state index in [0.29, 0.717) is 0 Å². The van der Waals surface area contributed by atoms with Gasteiger partial charge in [-0.25, -0.2) is 9.18 Å². The van der Waals surface area contributed by atoms with Gasteiger partial charge in [0, 0.05) is 12.3 Å². The maximum atomic E-state index is 12.9. The lowest BCUT2D eigenvalue weighted by molar-refractivity contribution is 0.339. The zero-order valence-electron chi connectivity index (χ0n) is 14.4. The number of benzene rings is 1. The van der Waals surface area contributed by atoms with E-state index in [-0.39, 0.29) is 29.8 Å². The summed E-state index contributed by atoms with van der Waals surface area (Å²) in [6.45, 7) is 0.238. The standard InChI is InChI=1S/C19H22FN3O3/c20-14-9-7-13(8-10-14)11-21-12-16-17(24)22-19(26)23(18(16)25)15-5-3-1-2-4-6-15/h7-10,12,15,25H,1-6,11H2,(H,22,24,26). The van der Waals surface area contributed by atoms with E-state index in [1.807, 2.05) is 0 Å². The van der Waals surface area contributed by atoms with Crippen molar-refractivity contribution in [3.05, 3.63) is 62.0 Å². The molecule has 1 heterocycles. The SMILES string of the molecule is O=c1[nH]c(=O)n(C2CCCCCC2)c(O)c1C=NCc1ccc(F)cc1. The average Bonchev–Trinajstić information content (AvgIpc) is 2.88. The Morgan fingerprint density at radius 1 is 1.15 bits per heavy atom. The second-order valence-corrected chi connectivity index (χ2v) is 6.61. The van der Waals surface area contributed by atoms with E-state index >= 15 is 0 Å². The zero-order valence-corrected chi connectivity index (χ0v) is 14.4. The van der Waals surface area contributed by atoms with Crippen molar-refractivity contribution in [1.82, 2.24) is 9.55 Å². The summed E-state index contributed by atoms with van der Waals surface area (Å²) < 4.78 is 14.2. The summed E-state index contributed by atoms with van der Waals surface area (Å²) in [7, 11) is 0. The lowest BCUT2D eigenvalue weighted by Crippen LogP contribution is -2.34. The molecular formula is C19H22FN3O3. The molecule has 0 bridgehead atoms. The smallest absolute Gasteiger partial charge is 0.331 e. The molecule has 0 saturated heterocycles. The van der Waals surface area contributed by atoms with Crippen molar-refractivity contribution >= 4 is 6.21 Å². The van der Waals surface area contributed by atoms with Crippen molar-refractivity contribution in [2.45, 2.75) is 51.1 Å². The summed E-state index contributed by atoms with van der Waals surface area (Å²) in [6, 6.07) is 5.75. The van der Waals surface area contributed by atoms with Crippen LogP contribution in [0.15, 0.2) is 38.8 Å². The molecule has 0 atom stereocenters. The van der Waals surface area contributed by atoms with Gasteiger partial charge in [0.25, 0.3) is 5.56 Å². The molecule has 7 heteroatoms. The average molecular weight is 359 g/mol. The van der Waals surface area contributed by atoms with Crippen molar-refractivity contribution in [3.63, 3.8) is 0 Å². The summed E-state index contributed by atoms with van der Waals surface area (Å²) in [6.07, 6.45) is 7.07. The summed E-state index contributed by atoms with van der Waals surface area (Å²) in [4.78, 5) is 30.7. The number of aromatic hydroxyl groups is 1. The minimum atomic E-state index is -0.666. The van der Waals surface area contributed by atoms with Crippen LogP contribution in [0.2, 0.25) is 0 Å². The lowest BCUT2D eigenvalue weighted by Gasteiger charge is -2.19. The van der Waals surface area contributed by atoms with Crippen LogP contribution in [0.3, 0.4) is 0 Å². The van der Waals surface area contributed by atoms with Crippen molar-refractivity contribution in [2.24, 2.45) is 4.99 Å². The summed E-state index contributed by atoms with van der Waals surface area (Å²) in [5.74, 6) is -0.671. The van der Waals surface area contributed by atoms with Crippen LogP contribution in [-0.2, 0) is 6.54 Å². The van der Waals surface area contributed by atoms with Gasteiger partial charge in [0.2, 0.25) is 5.88 Å². The molecule has 0 spiro atoms. The Labute approximate surface area is 150 Å². The molecule has 26 heavy (non-hydrogen) atoms. The molecule has 0 unspecified atom stereocenters. The number of nitrogens with zero attached hydrogens (tertiary/aromatic N) is 2. The van der Waals surface area contributed by atoms with Crippen molar-refractivity contribution in [1.29, 1.82) is 0 Å². The lowest BCUT2D eigenvalue weighted by atomic mass is 10.1. The van der Waals surface area contributed by atoms with Crippen LogP contribution in [0.4, 0.5) is 4.39 Å². The van der Waals surface area contributed by atoms with Gasteiger partial charge in [0.1, 0.15) is 11.4 Å². The van der Waals surface area contributed by atoms with Gasteiger partial charge in [0.15, 0.2) is 0 Å². The number of aromatic amines is 1. The Hall–Kier alpha value is -2.70. The van der Waals surface area contributed by atoms with Gasteiger partial charge < -0.3 is 5.11 Å². The van der Waals surface area contributed by atoms with Gasteiger partial charge in [-0.05, 0) is 30.5 Å². The van der Waals surface area contributed by atoms with E-state index in [1.165, 1.54) is 22.9 Å². The molecule has 1 saturated carbocycles. The normalized spacial score (nSPS) is 16.0. The predicted molar refractivity (Wildman–Crippen MR) is 97.4 cm³/mol. The Kier molecular flexibility index (Phi) is 5.65. The van der Waals surface area contributed by atoms with Crippen LogP contribution in [0.25, 0.3) is 0 Å². The third kappa shape index (κ3) is 4.09. The molecule has 0 amide bonds. The van der Waals surface area contributed by atoms with Crippen LogP contribution in [0, 0.1) is 5.82 Å². The second kappa shape index (κ2) is 8.12. The molecule has 3 rings (SSSR count). The molecule has 1 fully saturated rings. The summed E-state index contributed by atoms with van der Waals surface area (Å²) in [5, 5.41) is 10.5. The minimum Gasteiger partial charge on any atom is -0.494 e. The molecule has 138 valence electrons. The van der Waals surface area contributed by atoms with E-state index in [1.54, 1.807) is 12.1 Å². The highest BCUT2D eigenvalue weighted by molar-refractivity contribution is 5.81. The van der Waals surface area contributed by atoms with Crippen molar-refractivity contribution < 1.29 is 9.50 Å². The van der Waals surface area contributed by atoms with E-state index < -0.39 is 11.2 Å². The van der Waals surface area contributed by atoms with Crippen LogP contribution in [0.5, 0.6) is 5.88 Å². The van der Waals surface area contributed by atoms with Gasteiger partial charge in [0.05, 0.1) is 6.54 Å². The van der Waals surface area contributed by atoms with E-state index in [4.69, 9.17) is 0 Å². The highest BCUT2D eigenvalue weighted by Gasteiger charge is 2.21. The highest BCUT2D eigenvalue weighted by atomic mass is 19.1. The highest BCUT2D eigenvalue weighted by Crippen LogP contribution is 2.28. The number of aliphatic imine (C=N–C) groups is 1. The van der Waals surface area contributed by atoms with Gasteiger partial charge in [-0.3, -0.25) is 19.3 Å². The number of H-pyrrole nitrogens is 1. The van der Waals surface area contributed by atoms with Gasteiger partial charge >= 0.3 is 5.69 Å². The number of halogens is 1. The molecule has 0 aliphatic heterocycles. The van der Waals surface area contributed by atoms with Crippen LogP contribution in [0.1, 0.15) is 55.7 Å². The Bertz CT molecular complexity index is 892. The van der Waals surface area contributed by atoms with Gasteiger partial charge in [-0.1, -0.05) is 37.8 Å². The third-order valence-corrected chi connectivity index (χ3v) is 4.75. The fourth-order valence-electron chi connectivity index (χ4n) is 3.36. The van der Waals surface area contributed by atoms with E-state index in [9.17, 15) is 19.1 Å². The number of aromatic nitrogens is 2. The second-order valence-electron chi connectivity index (χ2n) is 6.61. The third-order valence-electron chi connectivity index (χ3n) is 4.75. The topological polar surface area (TPSA) is 87.5 Å². The Balaban J connectivity index is 1.87. The molecule has 2 aromatic rings. The quantitative estimate of drug-likeness (QED) is 0.650. The number of rotatable bonds is 4.